The number of benzene rings is 1. The molecule has 31 heavy (non-hydrogen) atoms. The predicted molar refractivity (Wildman–Crippen MR) is 127 cm³/mol. The molecule has 2 aliphatic heterocycles. The minimum Gasteiger partial charge on any atom is -0.377 e. The lowest BCUT2D eigenvalue weighted by Gasteiger charge is -2.34. The topological polar surface area (TPSA) is 45.7 Å². The van der Waals surface area contributed by atoms with Gasteiger partial charge in [0.2, 0.25) is 5.91 Å². The van der Waals surface area contributed by atoms with Gasteiger partial charge < -0.3 is 9.64 Å². The molecule has 7 heteroatoms. The number of carbonyl (C=O) groups excluding carboxylic acids is 1. The van der Waals surface area contributed by atoms with E-state index in [-0.39, 0.29) is 12.0 Å². The van der Waals surface area contributed by atoms with Crippen molar-refractivity contribution >= 4 is 38.8 Å². The van der Waals surface area contributed by atoms with Crippen LogP contribution in [0.1, 0.15) is 41.5 Å². The zero-order valence-corrected chi connectivity index (χ0v) is 19.4. The van der Waals surface area contributed by atoms with Crippen LogP contribution in [0.2, 0.25) is 0 Å². The summed E-state index contributed by atoms with van der Waals surface area (Å²) in [5.41, 5.74) is 1.07. The number of aromatic nitrogens is 1. The number of hydrogen-bond acceptors (Lipinski definition) is 6. The highest BCUT2D eigenvalue weighted by Gasteiger charge is 2.29. The maximum atomic E-state index is 13.3. The van der Waals surface area contributed by atoms with Crippen molar-refractivity contribution in [1.82, 2.24) is 14.8 Å². The van der Waals surface area contributed by atoms with Gasteiger partial charge in [-0.15, -0.1) is 22.7 Å². The van der Waals surface area contributed by atoms with E-state index in [0.29, 0.717) is 12.5 Å². The fourth-order valence-corrected chi connectivity index (χ4v) is 6.48. The Morgan fingerprint density at radius 1 is 1.19 bits per heavy atom. The lowest BCUT2D eigenvalue weighted by Crippen LogP contribution is -2.45. The third-order valence-corrected chi connectivity index (χ3v) is 8.30. The molecule has 0 radical (unpaired) electrons. The third kappa shape index (κ3) is 5.17. The normalized spacial score (nSPS) is 21.9. The quantitative estimate of drug-likeness (QED) is 0.516. The predicted octanol–water partition coefficient (Wildman–Crippen LogP) is 4.75. The van der Waals surface area contributed by atoms with Crippen LogP contribution in [0.5, 0.6) is 0 Å². The van der Waals surface area contributed by atoms with Crippen LogP contribution in [0.15, 0.2) is 41.8 Å². The fourth-order valence-electron chi connectivity index (χ4n) is 4.65. The highest BCUT2D eigenvalue weighted by Crippen LogP contribution is 2.33. The number of hydrogen-bond donors (Lipinski definition) is 0. The number of thiazole rings is 1. The molecule has 5 nitrogen and oxygen atoms in total. The first-order chi connectivity index (χ1) is 15.2. The summed E-state index contributed by atoms with van der Waals surface area (Å²) in [6.07, 6.45) is 4.63. The van der Waals surface area contributed by atoms with E-state index in [9.17, 15) is 4.79 Å². The van der Waals surface area contributed by atoms with Gasteiger partial charge in [0.25, 0.3) is 0 Å². The average Bonchev–Trinajstić information content (AvgIpc) is 3.55. The summed E-state index contributed by atoms with van der Waals surface area (Å²) in [6, 6.07) is 12.6. The van der Waals surface area contributed by atoms with Gasteiger partial charge in [0.1, 0.15) is 0 Å². The second-order valence-electron chi connectivity index (χ2n) is 8.58. The first kappa shape index (κ1) is 21.1. The molecule has 0 N–H and O–H groups in total. The zero-order valence-electron chi connectivity index (χ0n) is 17.7. The van der Waals surface area contributed by atoms with E-state index in [0.717, 1.165) is 64.0 Å². The highest BCUT2D eigenvalue weighted by molar-refractivity contribution is 7.18. The van der Waals surface area contributed by atoms with Gasteiger partial charge in [-0.2, -0.15) is 0 Å². The standard InChI is InChI=1S/C24H29N3O2S2/c28-23(17-26(15-19-7-4-12-29-19)16-20-8-5-13-30-20)27-11-3-6-18(14-27)24-25-21-9-1-2-10-22(21)31-24/h1-2,5,8-10,13,18-19H,3-4,6-7,11-12,14-17H2. The van der Waals surface area contributed by atoms with Crippen molar-refractivity contribution in [2.75, 3.05) is 32.8 Å². The molecule has 2 aliphatic rings. The molecule has 3 aromatic rings. The molecule has 2 atom stereocenters. The summed E-state index contributed by atoms with van der Waals surface area (Å²) in [5, 5.41) is 3.28. The van der Waals surface area contributed by atoms with Crippen LogP contribution in [0.25, 0.3) is 10.2 Å². The number of fused-ring (bicyclic) bond motifs is 1. The number of ether oxygens (including phenoxy) is 1. The molecule has 0 spiro atoms. The monoisotopic (exact) mass is 455 g/mol. The summed E-state index contributed by atoms with van der Waals surface area (Å²) in [4.78, 5) is 23.8. The summed E-state index contributed by atoms with van der Waals surface area (Å²) >= 11 is 3.54. The molecule has 0 aliphatic carbocycles. The minimum atomic E-state index is 0.236. The van der Waals surface area contributed by atoms with Gasteiger partial charge in [-0.25, -0.2) is 4.98 Å². The van der Waals surface area contributed by atoms with Gasteiger partial charge in [-0.1, -0.05) is 18.2 Å². The lowest BCUT2D eigenvalue weighted by atomic mass is 9.98. The van der Waals surface area contributed by atoms with Crippen LogP contribution < -0.4 is 0 Å². The molecule has 4 heterocycles. The molecule has 2 fully saturated rings. The van der Waals surface area contributed by atoms with E-state index < -0.39 is 0 Å². The first-order valence-electron chi connectivity index (χ1n) is 11.2. The maximum Gasteiger partial charge on any atom is 0.236 e. The zero-order chi connectivity index (χ0) is 21.0. The van der Waals surface area contributed by atoms with E-state index in [4.69, 9.17) is 9.72 Å². The number of amides is 1. The number of para-hydroxylation sites is 1. The molecular weight excluding hydrogens is 426 g/mol. The summed E-state index contributed by atoms with van der Waals surface area (Å²) < 4.78 is 7.10. The molecule has 5 rings (SSSR count). The Morgan fingerprint density at radius 2 is 2.13 bits per heavy atom. The van der Waals surface area contributed by atoms with Crippen molar-refractivity contribution in [2.45, 2.75) is 44.2 Å². The molecule has 164 valence electrons. The van der Waals surface area contributed by atoms with Crippen molar-refractivity contribution in [1.29, 1.82) is 0 Å². The Morgan fingerprint density at radius 3 is 2.94 bits per heavy atom. The molecule has 1 aromatic carbocycles. The molecule has 2 aromatic heterocycles. The Labute approximate surface area is 191 Å². The highest BCUT2D eigenvalue weighted by atomic mass is 32.1. The second-order valence-corrected chi connectivity index (χ2v) is 10.7. The van der Waals surface area contributed by atoms with Gasteiger partial charge >= 0.3 is 0 Å². The van der Waals surface area contributed by atoms with E-state index >= 15 is 0 Å². The average molecular weight is 456 g/mol. The Hall–Kier alpha value is -1.80. The van der Waals surface area contributed by atoms with E-state index in [2.05, 4.69) is 45.5 Å². The number of thiophene rings is 1. The van der Waals surface area contributed by atoms with Crippen LogP contribution in [0, 0.1) is 0 Å². The van der Waals surface area contributed by atoms with Crippen LogP contribution in [-0.4, -0.2) is 59.6 Å². The third-order valence-electron chi connectivity index (χ3n) is 6.24. The fraction of sp³-hybridized carbons (Fsp3) is 0.500. The number of rotatable bonds is 7. The van der Waals surface area contributed by atoms with Gasteiger partial charge in [0.05, 0.1) is 27.9 Å². The number of piperidine rings is 1. The molecule has 0 bridgehead atoms. The molecule has 1 amide bonds. The van der Waals surface area contributed by atoms with Crippen LogP contribution >= 0.6 is 22.7 Å². The number of likely N-dealkylation sites (tertiary alicyclic amines) is 1. The van der Waals surface area contributed by atoms with E-state index in [1.807, 2.05) is 6.07 Å². The summed E-state index contributed by atoms with van der Waals surface area (Å²) in [6.45, 7) is 4.60. The second kappa shape index (κ2) is 9.77. The molecular formula is C24H29N3O2S2. The van der Waals surface area contributed by atoms with Crippen molar-refractivity contribution in [2.24, 2.45) is 0 Å². The van der Waals surface area contributed by atoms with Crippen LogP contribution in [0.4, 0.5) is 0 Å². The Bertz CT molecular complexity index is 964. The van der Waals surface area contributed by atoms with E-state index in [1.54, 1.807) is 22.7 Å². The van der Waals surface area contributed by atoms with Crippen molar-refractivity contribution in [3.8, 4) is 0 Å². The van der Waals surface area contributed by atoms with Crippen molar-refractivity contribution in [3.05, 3.63) is 51.7 Å². The summed E-state index contributed by atoms with van der Waals surface area (Å²) in [5.74, 6) is 0.583. The van der Waals surface area contributed by atoms with Gasteiger partial charge in [-0.3, -0.25) is 9.69 Å². The smallest absolute Gasteiger partial charge is 0.236 e. The number of carbonyl (C=O) groups is 1. The Kier molecular flexibility index (Phi) is 6.64. The Balaban J connectivity index is 1.24. The van der Waals surface area contributed by atoms with Gasteiger partial charge in [0, 0.05) is 43.6 Å². The molecule has 0 saturated carbocycles. The van der Waals surface area contributed by atoms with Gasteiger partial charge in [0.15, 0.2) is 0 Å². The molecule has 2 unspecified atom stereocenters. The van der Waals surface area contributed by atoms with Crippen molar-refractivity contribution in [3.63, 3.8) is 0 Å². The number of nitrogens with zero attached hydrogens (tertiary/aromatic N) is 3. The lowest BCUT2D eigenvalue weighted by molar-refractivity contribution is -0.134. The first-order valence-corrected chi connectivity index (χ1v) is 12.9. The summed E-state index contributed by atoms with van der Waals surface area (Å²) in [7, 11) is 0. The molecule has 2 saturated heterocycles. The largest absolute Gasteiger partial charge is 0.377 e. The van der Waals surface area contributed by atoms with Crippen molar-refractivity contribution < 1.29 is 9.53 Å². The van der Waals surface area contributed by atoms with Crippen LogP contribution in [-0.2, 0) is 16.1 Å². The van der Waals surface area contributed by atoms with E-state index in [1.165, 1.54) is 14.6 Å². The SMILES string of the molecule is O=C(CN(Cc1cccs1)CC1CCCO1)N1CCCC(c2nc3ccccc3s2)C1. The minimum absolute atomic E-state index is 0.236. The van der Waals surface area contributed by atoms with Crippen LogP contribution in [0.3, 0.4) is 0 Å². The van der Waals surface area contributed by atoms with Gasteiger partial charge in [-0.05, 0) is 49.3 Å². The maximum absolute atomic E-state index is 13.3.